The number of nitrogens with zero attached hydrogens (tertiary/aromatic N) is 1. The Kier molecular flexibility index (Phi) is 21.3. The fourth-order valence-electron chi connectivity index (χ4n) is 17.8. The van der Waals surface area contributed by atoms with Crippen LogP contribution in [-0.2, 0) is 33.4 Å². The molecule has 10 nitrogen and oxygen atoms in total. The van der Waals surface area contributed by atoms with Crippen LogP contribution in [-0.4, -0.2) is 94.5 Å². The molecule has 0 aromatic heterocycles. The van der Waals surface area contributed by atoms with Gasteiger partial charge in [-0.25, -0.2) is 0 Å². The molecular weight excluding hydrogens is 911 g/mol. The fourth-order valence-corrected chi connectivity index (χ4v) is 18.5. The maximum atomic E-state index is 12.2. The minimum atomic E-state index is -0.863. The number of hydrogen-bond donors (Lipinski definition) is 2. The van der Waals surface area contributed by atoms with E-state index in [9.17, 15) is 19.2 Å². The largest absolute Gasteiger partial charge is 0.481 e. The third kappa shape index (κ3) is 13.9. The molecule has 8 saturated carbocycles. The van der Waals surface area contributed by atoms with Gasteiger partial charge in [-0.2, -0.15) is 0 Å². The summed E-state index contributed by atoms with van der Waals surface area (Å²) < 4.78 is 10.0. The summed E-state index contributed by atoms with van der Waals surface area (Å²) in [5.41, 5.74) is 1.90. The van der Waals surface area contributed by atoms with Gasteiger partial charge in [-0.05, 0) is 211 Å². The van der Waals surface area contributed by atoms with Crippen molar-refractivity contribution in [1.82, 2.24) is 4.90 Å². The van der Waals surface area contributed by atoms with E-state index >= 15 is 0 Å². The molecule has 0 amide bonds. The van der Waals surface area contributed by atoms with Crippen LogP contribution in [0.25, 0.3) is 0 Å². The lowest BCUT2D eigenvalue weighted by Gasteiger charge is -2.61. The van der Waals surface area contributed by atoms with Gasteiger partial charge in [0.25, 0.3) is 5.97 Å². The Bertz CT molecular complexity index is 1700. The molecule has 408 valence electrons. The molecule has 8 aliphatic carbocycles. The highest BCUT2D eigenvalue weighted by Crippen LogP contribution is 2.69. The van der Waals surface area contributed by atoms with Crippen LogP contribution in [0.1, 0.15) is 206 Å². The molecule has 0 spiro atoms. The Labute approximate surface area is 436 Å². The first-order chi connectivity index (χ1) is 33.3. The number of ketones is 2. The van der Waals surface area contributed by atoms with Crippen molar-refractivity contribution < 1.29 is 43.7 Å². The molecule has 11 heteroatoms. The number of carbonyl (C=O) groups excluding carboxylic acids is 3. The summed E-state index contributed by atoms with van der Waals surface area (Å²) in [5, 5.41) is 16.0. The number of carbonyl (C=O) groups is 5. The van der Waals surface area contributed by atoms with Crippen molar-refractivity contribution in [3.63, 3.8) is 0 Å². The summed E-state index contributed by atoms with van der Waals surface area (Å²) in [4.78, 5) is 57.5. The summed E-state index contributed by atoms with van der Waals surface area (Å²) in [6, 6.07) is 0. The summed E-state index contributed by atoms with van der Waals surface area (Å²) in [6.45, 7) is 31.0. The van der Waals surface area contributed by atoms with Crippen LogP contribution in [0, 0.1) is 92.7 Å². The molecule has 16 atom stereocenters. The van der Waals surface area contributed by atoms with Gasteiger partial charge < -0.3 is 19.7 Å². The minimum absolute atomic E-state index is 0.00795. The number of carboxylic acids is 2. The average molecular weight is 1010 g/mol. The maximum absolute atomic E-state index is 12.2. The van der Waals surface area contributed by atoms with E-state index in [0.717, 1.165) is 79.2 Å². The predicted octanol–water partition coefficient (Wildman–Crippen LogP) is 13.3. The topological polar surface area (TPSA) is 148 Å². The van der Waals surface area contributed by atoms with E-state index in [2.05, 4.69) is 41.5 Å². The molecular formula is C60H103NO9S. The van der Waals surface area contributed by atoms with Gasteiger partial charge >= 0.3 is 11.9 Å². The number of morpholine rings is 1. The molecule has 0 radical (unpaired) electrons. The lowest BCUT2D eigenvalue weighted by atomic mass is 9.44. The van der Waals surface area contributed by atoms with Gasteiger partial charge in [0, 0.05) is 36.6 Å². The zero-order valence-electron chi connectivity index (χ0n) is 47.2. The molecule has 9 fully saturated rings. The van der Waals surface area contributed by atoms with E-state index in [1.54, 1.807) is 0 Å². The normalized spacial score (nSPS) is 41.1. The standard InChI is InChI=1S/2C22H36O.C12H21NO5S.C2H4O2.C2H6/c2*1-14-9-11-21(3)16(13-14)5-6-17-19-8-7-18(15(2)23)22(19,4)12-10-20(17)21;1-12(2,19-8-10(14)15)9-18-11(16)7-13-3-5-17-6-4-13;1-2(3)4;1-2/h2*14,16-20H,5-13H2,1-4H3;3-9H2,1-2H3,(H,14,15);1H3,(H,3,4);1-2H3/t14?,16?,17?,18-,19?,20?,21?,22?;;;;/m1..../s1. The van der Waals surface area contributed by atoms with E-state index in [4.69, 9.17) is 24.5 Å². The number of Topliss-reactive ketones (excluding diaryl/α,β-unsaturated/α-hetero) is 2. The summed E-state index contributed by atoms with van der Waals surface area (Å²) in [6.07, 6.45) is 25.2. The highest BCUT2D eigenvalue weighted by molar-refractivity contribution is 8.01. The Balaban J connectivity index is 0.000000188. The molecule has 71 heavy (non-hydrogen) atoms. The second-order valence-electron chi connectivity index (χ2n) is 26.2. The Hall–Kier alpha value is -1.98. The van der Waals surface area contributed by atoms with E-state index in [1.807, 2.05) is 46.4 Å². The van der Waals surface area contributed by atoms with Crippen LogP contribution in [0.3, 0.4) is 0 Å². The number of ether oxygens (including phenoxy) is 2. The van der Waals surface area contributed by atoms with E-state index in [1.165, 1.54) is 127 Å². The van der Waals surface area contributed by atoms with Gasteiger partial charge in [0.05, 0.1) is 25.5 Å². The number of esters is 1. The second-order valence-corrected chi connectivity index (χ2v) is 27.8. The van der Waals surface area contributed by atoms with Crippen molar-refractivity contribution in [1.29, 1.82) is 0 Å². The summed E-state index contributed by atoms with van der Waals surface area (Å²) >= 11 is 1.26. The molecule has 1 aliphatic heterocycles. The van der Waals surface area contributed by atoms with E-state index in [-0.39, 0.29) is 29.6 Å². The van der Waals surface area contributed by atoms with Crippen LogP contribution in [0.5, 0.6) is 0 Å². The average Bonchev–Trinajstić information content (AvgIpc) is 3.87. The number of thioether (sulfide) groups is 1. The van der Waals surface area contributed by atoms with Gasteiger partial charge in [-0.15, -0.1) is 11.8 Å². The molecule has 15 unspecified atom stereocenters. The fraction of sp³-hybridized carbons (Fsp3) is 0.917. The van der Waals surface area contributed by atoms with Crippen molar-refractivity contribution in [2.75, 3.05) is 45.2 Å². The third-order valence-electron chi connectivity index (χ3n) is 21.5. The highest BCUT2D eigenvalue weighted by Gasteiger charge is 2.62. The minimum Gasteiger partial charge on any atom is -0.481 e. The monoisotopic (exact) mass is 1010 g/mol. The van der Waals surface area contributed by atoms with Gasteiger partial charge in [-0.3, -0.25) is 28.9 Å². The summed E-state index contributed by atoms with van der Waals surface area (Å²) in [7, 11) is 0. The van der Waals surface area contributed by atoms with Crippen LogP contribution in [0.15, 0.2) is 0 Å². The van der Waals surface area contributed by atoms with Crippen molar-refractivity contribution in [2.24, 2.45) is 92.7 Å². The van der Waals surface area contributed by atoms with Crippen LogP contribution in [0.4, 0.5) is 0 Å². The lowest BCUT2D eigenvalue weighted by molar-refractivity contribution is -0.146. The highest BCUT2D eigenvalue weighted by atomic mass is 32.2. The number of rotatable bonds is 9. The van der Waals surface area contributed by atoms with Crippen LogP contribution in [0.2, 0.25) is 0 Å². The van der Waals surface area contributed by atoms with Gasteiger partial charge in [-0.1, -0.05) is 68.2 Å². The second kappa shape index (κ2) is 25.2. The Morgan fingerprint density at radius 1 is 0.606 bits per heavy atom. The SMILES string of the molecule is CC.CC(=O)C1CCC2C3CCC4CC(C)CCC4(C)C3CCC12C.CC(=O)O.CC(=O)[C@H]1CCC2C3CCC4CC(C)CCC4(C)C3CCC21C.CC(C)(COC(=O)CN1CCOCC1)SCC(=O)O. The Morgan fingerprint density at radius 3 is 1.39 bits per heavy atom. The lowest BCUT2D eigenvalue weighted by Crippen LogP contribution is -2.53. The molecule has 9 aliphatic rings. The Morgan fingerprint density at radius 2 is 1.00 bits per heavy atom. The first kappa shape index (κ1) is 59.9. The number of hydrogen-bond acceptors (Lipinski definition) is 9. The molecule has 2 N–H and O–H groups in total. The molecule has 1 saturated heterocycles. The van der Waals surface area contributed by atoms with Crippen LogP contribution >= 0.6 is 11.8 Å². The first-order valence-electron chi connectivity index (χ1n) is 28.9. The van der Waals surface area contributed by atoms with E-state index in [0.29, 0.717) is 58.3 Å². The predicted molar refractivity (Wildman–Crippen MR) is 287 cm³/mol. The van der Waals surface area contributed by atoms with Crippen LogP contribution < -0.4 is 0 Å². The number of carboxylic acid groups (broad SMARTS) is 2. The number of fused-ring (bicyclic) bond motifs is 10. The van der Waals surface area contributed by atoms with Crippen molar-refractivity contribution in [3.05, 3.63) is 0 Å². The quantitative estimate of drug-likeness (QED) is 0.213. The third-order valence-corrected chi connectivity index (χ3v) is 22.8. The first-order valence-corrected chi connectivity index (χ1v) is 29.8. The molecule has 0 bridgehead atoms. The molecule has 0 aromatic rings. The van der Waals surface area contributed by atoms with Gasteiger partial charge in [0.2, 0.25) is 0 Å². The van der Waals surface area contributed by atoms with E-state index < -0.39 is 11.9 Å². The van der Waals surface area contributed by atoms with Gasteiger partial charge in [0.1, 0.15) is 18.2 Å². The number of aliphatic carboxylic acids is 2. The maximum Gasteiger partial charge on any atom is 0.320 e. The van der Waals surface area contributed by atoms with Crippen molar-refractivity contribution in [2.45, 2.75) is 210 Å². The zero-order valence-corrected chi connectivity index (χ0v) is 48.0. The zero-order chi connectivity index (χ0) is 52.7. The molecule has 1 heterocycles. The van der Waals surface area contributed by atoms with Crippen molar-refractivity contribution in [3.8, 4) is 0 Å². The smallest absolute Gasteiger partial charge is 0.320 e. The van der Waals surface area contributed by atoms with Crippen molar-refractivity contribution >= 4 is 41.2 Å². The molecule has 0 aromatic carbocycles. The molecule has 9 rings (SSSR count). The summed E-state index contributed by atoms with van der Waals surface area (Å²) in [5.74, 6) is 9.03. The van der Waals surface area contributed by atoms with Gasteiger partial charge in [0.15, 0.2) is 0 Å².